The highest BCUT2D eigenvalue weighted by Crippen LogP contribution is 2.24. The third kappa shape index (κ3) is 4.24. The second-order valence-corrected chi connectivity index (χ2v) is 7.92. The van der Waals surface area contributed by atoms with Crippen LogP contribution >= 0.6 is 0 Å². The summed E-state index contributed by atoms with van der Waals surface area (Å²) in [6.07, 6.45) is 3.53. The van der Waals surface area contributed by atoms with Crippen LogP contribution in [-0.4, -0.2) is 71.7 Å². The molecule has 2 aromatic rings. The molecule has 1 atom stereocenters. The largest absolute Gasteiger partial charge is 0.368 e. The second-order valence-electron chi connectivity index (χ2n) is 7.92. The number of likely N-dealkylation sites (N-methyl/N-ethyl adjacent to an activating group) is 1. The summed E-state index contributed by atoms with van der Waals surface area (Å²) in [6, 6.07) is 5.71. The number of anilines is 4. The van der Waals surface area contributed by atoms with Gasteiger partial charge >= 0.3 is 6.03 Å². The molecule has 2 aromatic heterocycles. The molecule has 4 heterocycles. The van der Waals surface area contributed by atoms with Gasteiger partial charge < -0.3 is 20.4 Å². The van der Waals surface area contributed by atoms with Crippen molar-refractivity contribution in [2.45, 2.75) is 19.9 Å². The number of aromatic nitrogens is 3. The number of amides is 2. The zero-order chi connectivity index (χ0) is 20.4. The molecule has 0 radical (unpaired) electrons. The van der Waals surface area contributed by atoms with Crippen LogP contribution in [0.4, 0.5) is 28.1 Å². The standard InChI is InChI=1S/C20H28N8O/c1-14(2)16-13-23-20(29)28(16)18-6-7-21-19(25-18)24-17-5-4-15(12-22-17)27-10-8-26(3)9-11-27/h4-7,12,14,16H,8-11,13H2,1-3H3,(H,23,29)(H,21,22,24,25)/t16-/m1/s1. The average molecular weight is 396 g/mol. The van der Waals surface area contributed by atoms with Crippen LogP contribution in [0.2, 0.25) is 0 Å². The molecule has 2 amide bonds. The highest BCUT2D eigenvalue weighted by Gasteiger charge is 2.34. The molecule has 0 aliphatic carbocycles. The van der Waals surface area contributed by atoms with Gasteiger partial charge in [0.25, 0.3) is 0 Å². The van der Waals surface area contributed by atoms with Crippen LogP contribution in [0.25, 0.3) is 0 Å². The van der Waals surface area contributed by atoms with Crippen LogP contribution < -0.4 is 20.4 Å². The van der Waals surface area contributed by atoms with Gasteiger partial charge in [0.15, 0.2) is 0 Å². The zero-order valence-corrected chi connectivity index (χ0v) is 17.2. The first-order valence-corrected chi connectivity index (χ1v) is 10.1. The maximum absolute atomic E-state index is 12.3. The van der Waals surface area contributed by atoms with Crippen molar-refractivity contribution in [1.82, 2.24) is 25.2 Å². The Labute approximate surface area is 171 Å². The van der Waals surface area contributed by atoms with E-state index in [-0.39, 0.29) is 12.1 Å². The quantitative estimate of drug-likeness (QED) is 0.798. The molecule has 29 heavy (non-hydrogen) atoms. The molecule has 0 saturated carbocycles. The lowest BCUT2D eigenvalue weighted by Crippen LogP contribution is -2.44. The number of pyridine rings is 1. The van der Waals surface area contributed by atoms with E-state index < -0.39 is 0 Å². The van der Waals surface area contributed by atoms with Gasteiger partial charge in [-0.15, -0.1) is 0 Å². The molecular formula is C20H28N8O. The average Bonchev–Trinajstić information content (AvgIpc) is 3.11. The lowest BCUT2D eigenvalue weighted by Gasteiger charge is -2.33. The minimum atomic E-state index is -0.122. The number of hydrogen-bond donors (Lipinski definition) is 2. The van der Waals surface area contributed by atoms with E-state index in [9.17, 15) is 4.79 Å². The number of nitrogens with zero attached hydrogens (tertiary/aromatic N) is 6. The van der Waals surface area contributed by atoms with E-state index in [1.165, 1.54) is 0 Å². The number of piperazine rings is 1. The number of hydrogen-bond acceptors (Lipinski definition) is 7. The molecular weight excluding hydrogens is 368 g/mol. The van der Waals surface area contributed by atoms with Crippen LogP contribution in [0.5, 0.6) is 0 Å². The highest BCUT2D eigenvalue weighted by atomic mass is 16.2. The van der Waals surface area contributed by atoms with E-state index in [1.807, 2.05) is 12.3 Å². The first-order valence-electron chi connectivity index (χ1n) is 10.1. The van der Waals surface area contributed by atoms with Gasteiger partial charge in [-0.25, -0.2) is 14.8 Å². The molecule has 0 unspecified atom stereocenters. The minimum Gasteiger partial charge on any atom is -0.368 e. The van der Waals surface area contributed by atoms with Gasteiger partial charge in [-0.1, -0.05) is 13.8 Å². The molecule has 9 nitrogen and oxygen atoms in total. The summed E-state index contributed by atoms with van der Waals surface area (Å²) in [5, 5.41) is 6.04. The number of carbonyl (C=O) groups excluding carboxylic acids is 1. The number of carbonyl (C=O) groups is 1. The first-order chi connectivity index (χ1) is 14.0. The van der Waals surface area contributed by atoms with Crippen molar-refractivity contribution in [3.05, 3.63) is 30.6 Å². The maximum atomic E-state index is 12.3. The first kappa shape index (κ1) is 19.4. The van der Waals surface area contributed by atoms with Gasteiger partial charge in [0.05, 0.1) is 17.9 Å². The molecule has 0 bridgehead atoms. The predicted molar refractivity (Wildman–Crippen MR) is 114 cm³/mol. The van der Waals surface area contributed by atoms with Crippen molar-refractivity contribution in [2.24, 2.45) is 5.92 Å². The molecule has 4 rings (SSSR count). The fourth-order valence-corrected chi connectivity index (χ4v) is 3.70. The second kappa shape index (κ2) is 8.20. The number of rotatable bonds is 5. The zero-order valence-electron chi connectivity index (χ0n) is 17.2. The van der Waals surface area contributed by atoms with Crippen molar-refractivity contribution < 1.29 is 4.79 Å². The molecule has 0 spiro atoms. The molecule has 2 aliphatic rings. The van der Waals surface area contributed by atoms with Crippen LogP contribution in [0.1, 0.15) is 13.8 Å². The Hall–Kier alpha value is -2.94. The minimum absolute atomic E-state index is 0.0752. The van der Waals surface area contributed by atoms with Gasteiger partial charge in [0, 0.05) is 38.9 Å². The van der Waals surface area contributed by atoms with Crippen molar-refractivity contribution in [2.75, 3.05) is 54.9 Å². The van der Waals surface area contributed by atoms with Gasteiger partial charge in [0.1, 0.15) is 11.6 Å². The monoisotopic (exact) mass is 396 g/mol. The Balaban J connectivity index is 1.46. The number of urea groups is 1. The van der Waals surface area contributed by atoms with Crippen LogP contribution in [-0.2, 0) is 0 Å². The van der Waals surface area contributed by atoms with Gasteiger partial charge in [0.2, 0.25) is 5.95 Å². The normalized spacial score (nSPS) is 20.3. The molecule has 2 N–H and O–H groups in total. The van der Waals surface area contributed by atoms with Crippen molar-refractivity contribution in [3.63, 3.8) is 0 Å². The SMILES string of the molecule is CC(C)[C@H]1CNC(=O)N1c1ccnc(Nc2ccc(N3CCN(C)CC3)cn2)n1. The number of nitrogens with one attached hydrogen (secondary N) is 2. The van der Waals surface area contributed by atoms with Gasteiger partial charge in [-0.05, 0) is 31.2 Å². The molecule has 154 valence electrons. The lowest BCUT2D eigenvalue weighted by molar-refractivity contribution is 0.251. The Morgan fingerprint density at radius 3 is 2.62 bits per heavy atom. The Morgan fingerprint density at radius 1 is 1.14 bits per heavy atom. The van der Waals surface area contributed by atoms with Crippen LogP contribution in [0.15, 0.2) is 30.6 Å². The summed E-state index contributed by atoms with van der Waals surface area (Å²) in [5.74, 6) is 2.00. The topological polar surface area (TPSA) is 89.5 Å². The fraction of sp³-hybridized carbons (Fsp3) is 0.500. The van der Waals surface area contributed by atoms with Crippen molar-refractivity contribution in [1.29, 1.82) is 0 Å². The van der Waals surface area contributed by atoms with E-state index in [1.54, 1.807) is 17.2 Å². The summed E-state index contributed by atoms with van der Waals surface area (Å²) < 4.78 is 0. The molecule has 2 aliphatic heterocycles. The van der Waals surface area contributed by atoms with E-state index in [4.69, 9.17) is 0 Å². The predicted octanol–water partition coefficient (Wildman–Crippen LogP) is 1.92. The Morgan fingerprint density at radius 2 is 1.93 bits per heavy atom. The molecule has 0 aromatic carbocycles. The lowest BCUT2D eigenvalue weighted by atomic mass is 10.0. The summed E-state index contributed by atoms with van der Waals surface area (Å²) in [5.41, 5.74) is 1.12. The van der Waals surface area contributed by atoms with E-state index >= 15 is 0 Å². The van der Waals surface area contributed by atoms with Gasteiger partial charge in [-0.3, -0.25) is 4.90 Å². The van der Waals surface area contributed by atoms with Crippen LogP contribution in [0.3, 0.4) is 0 Å². The van der Waals surface area contributed by atoms with Crippen LogP contribution in [0, 0.1) is 5.92 Å². The highest BCUT2D eigenvalue weighted by molar-refractivity contribution is 5.94. The molecule has 2 fully saturated rings. The summed E-state index contributed by atoms with van der Waals surface area (Å²) >= 11 is 0. The molecule has 9 heteroatoms. The van der Waals surface area contributed by atoms with Crippen molar-refractivity contribution in [3.8, 4) is 0 Å². The third-order valence-electron chi connectivity index (χ3n) is 5.53. The maximum Gasteiger partial charge on any atom is 0.323 e. The smallest absolute Gasteiger partial charge is 0.323 e. The summed E-state index contributed by atoms with van der Waals surface area (Å²) in [6.45, 7) is 8.95. The van der Waals surface area contributed by atoms with E-state index in [0.29, 0.717) is 30.0 Å². The molecule has 2 saturated heterocycles. The Kier molecular flexibility index (Phi) is 5.48. The summed E-state index contributed by atoms with van der Waals surface area (Å²) in [7, 11) is 2.14. The van der Waals surface area contributed by atoms with Gasteiger partial charge in [-0.2, -0.15) is 4.98 Å². The summed E-state index contributed by atoms with van der Waals surface area (Å²) in [4.78, 5) is 32.0. The Bertz CT molecular complexity index is 848. The van der Waals surface area contributed by atoms with E-state index in [2.05, 4.69) is 62.3 Å². The third-order valence-corrected chi connectivity index (χ3v) is 5.53. The fourth-order valence-electron chi connectivity index (χ4n) is 3.70. The van der Waals surface area contributed by atoms with Crippen molar-refractivity contribution >= 4 is 29.3 Å². The van der Waals surface area contributed by atoms with E-state index in [0.717, 1.165) is 31.9 Å².